The predicted molar refractivity (Wildman–Crippen MR) is 149 cm³/mol. The minimum atomic E-state index is -0.547. The smallest absolute Gasteiger partial charge is 0.389 e. The Morgan fingerprint density at radius 3 is 2.51 bits per heavy atom. The molecule has 39 heavy (non-hydrogen) atoms. The van der Waals surface area contributed by atoms with Gasteiger partial charge in [0.1, 0.15) is 11.4 Å². The minimum Gasteiger partial charge on any atom is -0.496 e. The molecule has 0 unspecified atom stereocenters. The van der Waals surface area contributed by atoms with Crippen molar-refractivity contribution in [3.8, 4) is 17.2 Å². The molecule has 0 atom stereocenters. The number of nitrogens with one attached hydrogen (secondary N) is 1. The van der Waals surface area contributed by atoms with Gasteiger partial charge in [0.25, 0.3) is 5.91 Å². The lowest BCUT2D eigenvalue weighted by atomic mass is 10.1. The van der Waals surface area contributed by atoms with Gasteiger partial charge in [-0.3, -0.25) is 9.69 Å². The summed E-state index contributed by atoms with van der Waals surface area (Å²) in [7, 11) is 1.54. The van der Waals surface area contributed by atoms with Gasteiger partial charge in [-0.25, -0.2) is 0 Å². The molecular weight excluding hydrogens is 522 g/mol. The van der Waals surface area contributed by atoms with E-state index in [4.69, 9.17) is 26.4 Å². The molecule has 3 aromatic rings. The van der Waals surface area contributed by atoms with E-state index in [2.05, 4.69) is 10.4 Å². The first-order valence-electron chi connectivity index (χ1n) is 12.4. The number of methoxy groups -OCH3 is 1. The Labute approximate surface area is 231 Å². The van der Waals surface area contributed by atoms with Crippen molar-refractivity contribution in [3.63, 3.8) is 0 Å². The molecule has 1 saturated heterocycles. The normalized spacial score (nSPS) is 14.0. The molecule has 0 aliphatic carbocycles. The average Bonchev–Trinajstić information content (AvgIpc) is 3.49. The van der Waals surface area contributed by atoms with Crippen LogP contribution in [0.25, 0.3) is 6.08 Å². The van der Waals surface area contributed by atoms with Crippen LogP contribution in [0, 0.1) is 10.1 Å². The van der Waals surface area contributed by atoms with Crippen molar-refractivity contribution in [3.05, 3.63) is 81.2 Å². The van der Waals surface area contributed by atoms with Gasteiger partial charge in [0.05, 0.1) is 44.2 Å². The largest absolute Gasteiger partial charge is 0.496 e. The molecule has 1 aromatic heterocycles. The first-order valence-corrected chi connectivity index (χ1v) is 12.8. The van der Waals surface area contributed by atoms with E-state index >= 15 is 0 Å². The summed E-state index contributed by atoms with van der Waals surface area (Å²) in [5, 5.41) is 18.3. The average molecular weight is 552 g/mol. The van der Waals surface area contributed by atoms with Crippen LogP contribution in [0.15, 0.2) is 54.4 Å². The van der Waals surface area contributed by atoms with Crippen LogP contribution in [-0.4, -0.2) is 57.5 Å². The van der Waals surface area contributed by atoms with Gasteiger partial charge >= 0.3 is 5.82 Å². The number of hydrogen-bond donors (Lipinski definition) is 1. The number of nitrogens with zero attached hydrogens (tertiary/aromatic N) is 4. The summed E-state index contributed by atoms with van der Waals surface area (Å²) in [6.07, 6.45) is 3.83. The van der Waals surface area contributed by atoms with E-state index in [1.807, 2.05) is 44.2 Å². The molecule has 0 bridgehead atoms. The Morgan fingerprint density at radius 2 is 1.82 bits per heavy atom. The van der Waals surface area contributed by atoms with E-state index in [1.54, 1.807) is 19.3 Å². The summed E-state index contributed by atoms with van der Waals surface area (Å²) in [4.78, 5) is 25.1. The highest BCUT2D eigenvalue weighted by Crippen LogP contribution is 2.29. The maximum absolute atomic E-state index is 13.2. The first-order chi connectivity index (χ1) is 18.8. The summed E-state index contributed by atoms with van der Waals surface area (Å²) in [6.45, 7) is 5.54. The highest BCUT2D eigenvalue weighted by molar-refractivity contribution is 7.80. The van der Waals surface area contributed by atoms with Crippen LogP contribution in [0.4, 0.5) is 5.82 Å². The molecule has 1 fully saturated rings. The van der Waals surface area contributed by atoms with Crippen LogP contribution >= 0.6 is 12.2 Å². The molecular formula is C27H29N5O6S. The predicted octanol–water partition coefficient (Wildman–Crippen LogP) is 3.95. The summed E-state index contributed by atoms with van der Waals surface area (Å²) < 4.78 is 18.2. The fourth-order valence-electron chi connectivity index (χ4n) is 4.16. The maximum Gasteiger partial charge on any atom is 0.389 e. The molecule has 12 heteroatoms. The Hall–Kier alpha value is -4.45. The Kier molecular flexibility index (Phi) is 8.77. The van der Waals surface area contributed by atoms with E-state index in [0.29, 0.717) is 54.2 Å². The molecule has 1 aliphatic heterocycles. The van der Waals surface area contributed by atoms with Gasteiger partial charge in [-0.15, -0.1) is 0 Å². The highest BCUT2D eigenvalue weighted by atomic mass is 32.1. The van der Waals surface area contributed by atoms with Crippen LogP contribution < -0.4 is 19.5 Å². The second kappa shape index (κ2) is 12.4. The van der Waals surface area contributed by atoms with E-state index in [-0.39, 0.29) is 18.3 Å². The minimum absolute atomic E-state index is 0.226. The standard InChI is InChI=1S/C27H29N5O6S/c1-4-37-23-9-6-18(16-24(23)38-5-2)10-13-31-26(33)21(28-27(31)39)15-19-7-8-22(36-3)20(14-19)17-30-12-11-25(29-30)32(34)35/h6-9,11-12,14-16H,4-5,10,13,17H2,1-3H3,(H,28,39)/b21-15+. The van der Waals surface area contributed by atoms with Crippen molar-refractivity contribution < 1.29 is 23.9 Å². The third-order valence-corrected chi connectivity index (χ3v) is 6.28. The molecule has 11 nitrogen and oxygen atoms in total. The maximum atomic E-state index is 13.2. The summed E-state index contributed by atoms with van der Waals surface area (Å²) in [5.74, 6) is 1.50. The van der Waals surface area contributed by atoms with Gasteiger partial charge in [-0.05, 0) is 78.9 Å². The number of nitro groups is 1. The summed E-state index contributed by atoms with van der Waals surface area (Å²) in [5.41, 5.74) is 2.83. The SMILES string of the molecule is CCOc1ccc(CCN2C(=O)/C(=C\c3ccc(OC)c(Cn4ccc([N+](=O)[O-])n4)c3)NC2=S)cc1OCC. The van der Waals surface area contributed by atoms with Gasteiger partial charge in [0.2, 0.25) is 0 Å². The number of thiocarbonyl (C=S) groups is 1. The van der Waals surface area contributed by atoms with Crippen molar-refractivity contribution >= 4 is 35.1 Å². The summed E-state index contributed by atoms with van der Waals surface area (Å²) in [6, 6.07) is 12.5. The highest BCUT2D eigenvalue weighted by Gasteiger charge is 2.30. The topological polar surface area (TPSA) is 121 Å². The van der Waals surface area contributed by atoms with Gasteiger partial charge in [0, 0.05) is 12.1 Å². The Morgan fingerprint density at radius 1 is 1.08 bits per heavy atom. The van der Waals surface area contributed by atoms with Crippen molar-refractivity contribution in [2.75, 3.05) is 26.9 Å². The Balaban J connectivity index is 1.48. The second-order valence-corrected chi connectivity index (χ2v) is 8.93. The number of amides is 1. The third-order valence-electron chi connectivity index (χ3n) is 5.96. The molecule has 1 N–H and O–H groups in total. The number of hydrogen-bond acceptors (Lipinski definition) is 8. The zero-order valence-corrected chi connectivity index (χ0v) is 22.7. The lowest BCUT2D eigenvalue weighted by molar-refractivity contribution is -0.389. The molecule has 2 aromatic carbocycles. The van der Waals surface area contributed by atoms with Crippen molar-refractivity contribution in [1.29, 1.82) is 0 Å². The van der Waals surface area contributed by atoms with E-state index in [9.17, 15) is 14.9 Å². The lowest BCUT2D eigenvalue weighted by Crippen LogP contribution is -2.32. The van der Waals surface area contributed by atoms with E-state index < -0.39 is 4.92 Å². The number of benzene rings is 2. The Bertz CT molecular complexity index is 1420. The first kappa shape index (κ1) is 27.6. The molecule has 2 heterocycles. The number of carbonyl (C=O) groups is 1. The van der Waals surface area contributed by atoms with E-state index in [1.165, 1.54) is 21.8 Å². The van der Waals surface area contributed by atoms with Crippen molar-refractivity contribution in [2.24, 2.45) is 0 Å². The van der Waals surface area contributed by atoms with E-state index in [0.717, 1.165) is 16.7 Å². The number of carbonyl (C=O) groups excluding carboxylic acids is 1. The second-order valence-electron chi connectivity index (χ2n) is 8.54. The fourth-order valence-corrected chi connectivity index (χ4v) is 4.44. The molecule has 4 rings (SSSR count). The quantitative estimate of drug-likeness (QED) is 0.154. The van der Waals surface area contributed by atoms with Crippen LogP contribution in [0.1, 0.15) is 30.5 Å². The van der Waals surface area contributed by atoms with Crippen LogP contribution in [-0.2, 0) is 17.8 Å². The molecule has 0 saturated carbocycles. The third kappa shape index (κ3) is 6.52. The van der Waals surface area contributed by atoms with Crippen LogP contribution in [0.2, 0.25) is 0 Å². The summed E-state index contributed by atoms with van der Waals surface area (Å²) >= 11 is 5.45. The molecule has 0 spiro atoms. The number of rotatable bonds is 12. The fraction of sp³-hybridized carbons (Fsp3) is 0.296. The molecule has 1 amide bonds. The zero-order valence-electron chi connectivity index (χ0n) is 21.9. The lowest BCUT2D eigenvalue weighted by Gasteiger charge is -2.16. The number of aromatic nitrogens is 2. The van der Waals surface area contributed by atoms with Crippen molar-refractivity contribution in [1.82, 2.24) is 20.0 Å². The zero-order chi connectivity index (χ0) is 27.9. The number of ether oxygens (including phenoxy) is 3. The van der Waals surface area contributed by atoms with Gasteiger partial charge in [0.15, 0.2) is 16.6 Å². The molecule has 0 radical (unpaired) electrons. The van der Waals surface area contributed by atoms with Gasteiger partial charge in [-0.1, -0.05) is 12.1 Å². The monoisotopic (exact) mass is 551 g/mol. The van der Waals surface area contributed by atoms with Crippen LogP contribution in [0.3, 0.4) is 0 Å². The van der Waals surface area contributed by atoms with Crippen LogP contribution in [0.5, 0.6) is 17.2 Å². The molecule has 1 aliphatic rings. The van der Waals surface area contributed by atoms with Gasteiger partial charge < -0.3 is 29.6 Å². The van der Waals surface area contributed by atoms with Crippen molar-refractivity contribution in [2.45, 2.75) is 26.8 Å². The van der Waals surface area contributed by atoms with Gasteiger partial charge in [-0.2, -0.15) is 4.68 Å². The molecule has 204 valence electrons.